The second-order valence-corrected chi connectivity index (χ2v) is 9.10. The average molecular weight is 481 g/mol. The maximum atomic E-state index is 11.6. The van der Waals surface area contributed by atoms with Crippen molar-refractivity contribution in [3.63, 3.8) is 0 Å². The van der Waals surface area contributed by atoms with E-state index < -0.39 is 10.0 Å². The van der Waals surface area contributed by atoms with Crippen molar-refractivity contribution in [3.8, 4) is 0 Å². The van der Waals surface area contributed by atoms with Crippen LogP contribution in [0, 0.1) is 0 Å². The van der Waals surface area contributed by atoms with Crippen molar-refractivity contribution >= 4 is 56.2 Å². The first-order chi connectivity index (χ1) is 14.3. The molecule has 1 heterocycles. The summed E-state index contributed by atoms with van der Waals surface area (Å²) in [6.45, 7) is 0.777. The van der Waals surface area contributed by atoms with Crippen LogP contribution in [-0.2, 0) is 23.1 Å². The minimum Gasteiger partial charge on any atom is -0.358 e. The van der Waals surface area contributed by atoms with Crippen LogP contribution in [0.1, 0.15) is 11.1 Å². The van der Waals surface area contributed by atoms with Gasteiger partial charge in [0.25, 0.3) is 0 Å². The molecule has 156 valence electrons. The standard InChI is InChI=1S/C20H18Cl2N4O2S2/c21-18-2-1-3-19(22)17(18)13-26(15-4-6-16(7-5-15)30(23,27)28)20(29)25-12-14-8-10-24-11-9-14/h1-11H,12-13H2,(H,25,29)(H2,23,27,28). The Kier molecular flexibility index (Phi) is 7.27. The number of thiocarbonyl (C=S) groups is 1. The molecule has 0 radical (unpaired) electrons. The molecule has 0 saturated carbocycles. The number of nitrogens with two attached hydrogens (primary N) is 1. The zero-order chi connectivity index (χ0) is 21.7. The minimum absolute atomic E-state index is 0.0117. The summed E-state index contributed by atoms with van der Waals surface area (Å²) in [5.74, 6) is 0. The molecule has 0 unspecified atom stereocenters. The summed E-state index contributed by atoms with van der Waals surface area (Å²) < 4.78 is 23.1. The molecule has 0 aliphatic heterocycles. The number of primary sulfonamides is 1. The van der Waals surface area contributed by atoms with E-state index in [0.717, 1.165) is 5.56 Å². The Morgan fingerprint density at radius 2 is 1.63 bits per heavy atom. The van der Waals surface area contributed by atoms with Gasteiger partial charge >= 0.3 is 0 Å². The normalized spacial score (nSPS) is 11.2. The Hall–Kier alpha value is -2.23. The van der Waals surface area contributed by atoms with E-state index in [-0.39, 0.29) is 11.4 Å². The largest absolute Gasteiger partial charge is 0.358 e. The van der Waals surface area contributed by atoms with Crippen molar-refractivity contribution in [2.45, 2.75) is 18.0 Å². The molecular weight excluding hydrogens is 463 g/mol. The molecule has 6 nitrogen and oxygen atoms in total. The van der Waals surface area contributed by atoms with Gasteiger partial charge < -0.3 is 10.2 Å². The van der Waals surface area contributed by atoms with Gasteiger partial charge in [-0.15, -0.1) is 0 Å². The fourth-order valence-corrected chi connectivity index (χ4v) is 3.99. The van der Waals surface area contributed by atoms with Crippen LogP contribution in [0.3, 0.4) is 0 Å². The molecular formula is C20H18Cl2N4O2S2. The fourth-order valence-electron chi connectivity index (χ4n) is 2.71. The first kappa shape index (κ1) is 22.5. The second-order valence-electron chi connectivity index (χ2n) is 6.34. The summed E-state index contributed by atoms with van der Waals surface area (Å²) in [6.07, 6.45) is 3.40. The predicted octanol–water partition coefficient (Wildman–Crippen LogP) is 4.12. The van der Waals surface area contributed by atoms with Crippen LogP contribution in [-0.4, -0.2) is 18.5 Å². The molecule has 30 heavy (non-hydrogen) atoms. The Balaban J connectivity index is 1.90. The lowest BCUT2D eigenvalue weighted by Crippen LogP contribution is -2.39. The number of aromatic nitrogens is 1. The topological polar surface area (TPSA) is 88.3 Å². The van der Waals surface area contributed by atoms with Crippen LogP contribution in [0.25, 0.3) is 0 Å². The van der Waals surface area contributed by atoms with Gasteiger partial charge in [0.2, 0.25) is 10.0 Å². The number of benzene rings is 2. The summed E-state index contributed by atoms with van der Waals surface area (Å²) in [6, 6.07) is 15.1. The lowest BCUT2D eigenvalue weighted by atomic mass is 10.2. The SMILES string of the molecule is NS(=O)(=O)c1ccc(N(Cc2c(Cl)cccc2Cl)C(=S)NCc2ccncc2)cc1. The number of halogens is 2. The number of rotatable bonds is 6. The Morgan fingerprint density at radius 3 is 2.20 bits per heavy atom. The molecule has 0 saturated heterocycles. The van der Waals surface area contributed by atoms with Crippen LogP contribution in [0.15, 0.2) is 71.9 Å². The van der Waals surface area contributed by atoms with E-state index in [1.807, 2.05) is 12.1 Å². The van der Waals surface area contributed by atoms with Gasteiger partial charge in [0.05, 0.1) is 11.4 Å². The van der Waals surface area contributed by atoms with Crippen LogP contribution < -0.4 is 15.4 Å². The van der Waals surface area contributed by atoms with E-state index in [1.54, 1.807) is 47.6 Å². The molecule has 0 fully saturated rings. The Bertz CT molecular complexity index is 1120. The third-order valence-electron chi connectivity index (χ3n) is 4.29. The van der Waals surface area contributed by atoms with Crippen molar-refractivity contribution in [2.75, 3.05) is 4.90 Å². The smallest absolute Gasteiger partial charge is 0.238 e. The quantitative estimate of drug-likeness (QED) is 0.515. The highest BCUT2D eigenvalue weighted by Crippen LogP contribution is 2.28. The van der Waals surface area contributed by atoms with Gasteiger partial charge in [0, 0.05) is 40.2 Å². The number of anilines is 1. The number of nitrogens with zero attached hydrogens (tertiary/aromatic N) is 2. The van der Waals surface area contributed by atoms with Crippen LogP contribution >= 0.6 is 35.4 Å². The van der Waals surface area contributed by atoms with Crippen LogP contribution in [0.2, 0.25) is 10.0 Å². The van der Waals surface area contributed by atoms with Gasteiger partial charge in [0.1, 0.15) is 0 Å². The third kappa shape index (κ3) is 5.68. The fraction of sp³-hybridized carbons (Fsp3) is 0.100. The van der Waals surface area contributed by atoms with E-state index >= 15 is 0 Å². The molecule has 0 amide bonds. The molecule has 0 atom stereocenters. The first-order valence-corrected chi connectivity index (χ1v) is 11.5. The summed E-state index contributed by atoms with van der Waals surface area (Å²) in [5, 5.41) is 9.83. The molecule has 0 aliphatic rings. The number of hydrogen-bond acceptors (Lipinski definition) is 4. The molecule has 3 N–H and O–H groups in total. The maximum Gasteiger partial charge on any atom is 0.238 e. The van der Waals surface area contributed by atoms with Crippen LogP contribution in [0.5, 0.6) is 0 Å². The molecule has 3 aromatic rings. The summed E-state index contributed by atoms with van der Waals surface area (Å²) in [7, 11) is -3.80. The van der Waals surface area contributed by atoms with Crippen molar-refractivity contribution < 1.29 is 8.42 Å². The predicted molar refractivity (Wildman–Crippen MR) is 124 cm³/mol. The van der Waals surface area contributed by atoms with Gasteiger partial charge in [-0.05, 0) is 66.3 Å². The molecule has 0 spiro atoms. The summed E-state index contributed by atoms with van der Waals surface area (Å²) in [4.78, 5) is 5.80. The van der Waals surface area contributed by atoms with Gasteiger partial charge in [-0.2, -0.15) is 0 Å². The van der Waals surface area contributed by atoms with E-state index in [9.17, 15) is 8.42 Å². The Morgan fingerprint density at radius 1 is 1.03 bits per heavy atom. The Labute approximate surface area is 190 Å². The van der Waals surface area contributed by atoms with Gasteiger partial charge in [-0.1, -0.05) is 29.3 Å². The summed E-state index contributed by atoms with van der Waals surface area (Å²) >= 11 is 18.3. The van der Waals surface area contributed by atoms with Gasteiger partial charge in [-0.25, -0.2) is 13.6 Å². The summed E-state index contributed by atoms with van der Waals surface area (Å²) in [5.41, 5.74) is 2.36. The molecule has 1 aromatic heterocycles. The van der Waals surface area contributed by atoms with E-state index in [2.05, 4.69) is 10.3 Å². The highest BCUT2D eigenvalue weighted by atomic mass is 35.5. The zero-order valence-electron chi connectivity index (χ0n) is 15.6. The van der Waals surface area contributed by atoms with E-state index in [4.69, 9.17) is 40.6 Å². The molecule has 0 aliphatic carbocycles. The molecule has 2 aromatic carbocycles. The average Bonchev–Trinajstić information content (AvgIpc) is 2.72. The molecule has 3 rings (SSSR count). The van der Waals surface area contributed by atoms with Crippen molar-refractivity contribution in [3.05, 3.63) is 88.2 Å². The van der Waals surface area contributed by atoms with E-state index in [0.29, 0.717) is 33.0 Å². The highest BCUT2D eigenvalue weighted by molar-refractivity contribution is 7.89. The lowest BCUT2D eigenvalue weighted by Gasteiger charge is -2.27. The van der Waals surface area contributed by atoms with Crippen molar-refractivity contribution in [1.82, 2.24) is 10.3 Å². The van der Waals surface area contributed by atoms with E-state index in [1.165, 1.54) is 12.1 Å². The second kappa shape index (κ2) is 9.72. The zero-order valence-corrected chi connectivity index (χ0v) is 18.8. The lowest BCUT2D eigenvalue weighted by molar-refractivity contribution is 0.598. The number of pyridine rings is 1. The molecule has 10 heteroatoms. The minimum atomic E-state index is -3.80. The monoisotopic (exact) mass is 480 g/mol. The highest BCUT2D eigenvalue weighted by Gasteiger charge is 2.18. The van der Waals surface area contributed by atoms with Crippen molar-refractivity contribution in [2.24, 2.45) is 5.14 Å². The maximum absolute atomic E-state index is 11.6. The van der Waals surface area contributed by atoms with Crippen molar-refractivity contribution in [1.29, 1.82) is 0 Å². The molecule has 0 bridgehead atoms. The van der Waals surface area contributed by atoms with Gasteiger partial charge in [0.15, 0.2) is 5.11 Å². The number of nitrogens with one attached hydrogen (secondary N) is 1. The third-order valence-corrected chi connectivity index (χ3v) is 6.30. The number of hydrogen-bond donors (Lipinski definition) is 2. The van der Waals surface area contributed by atoms with Crippen LogP contribution in [0.4, 0.5) is 5.69 Å². The number of sulfonamides is 1. The first-order valence-electron chi connectivity index (χ1n) is 8.76. The van der Waals surface area contributed by atoms with Gasteiger partial charge in [-0.3, -0.25) is 4.98 Å².